The first kappa shape index (κ1) is 27.0. The van der Waals surface area contributed by atoms with Crippen LogP contribution in [0.2, 0.25) is 10.0 Å². The third-order valence-corrected chi connectivity index (χ3v) is 7.20. The molecule has 2 rings (SSSR count). The summed E-state index contributed by atoms with van der Waals surface area (Å²) in [5, 5.41) is 1.32. The quantitative estimate of drug-likeness (QED) is 0.193. The minimum absolute atomic E-state index is 0.270. The van der Waals surface area contributed by atoms with Gasteiger partial charge in [-0.1, -0.05) is 98.5 Å². The van der Waals surface area contributed by atoms with Gasteiger partial charge in [-0.05, 0) is 62.6 Å². The summed E-state index contributed by atoms with van der Waals surface area (Å²) in [4.78, 5) is 15.2. The van der Waals surface area contributed by atoms with Gasteiger partial charge in [0.15, 0.2) is 0 Å². The van der Waals surface area contributed by atoms with E-state index in [0.29, 0.717) is 28.9 Å². The van der Waals surface area contributed by atoms with Gasteiger partial charge in [-0.15, -0.1) is 0 Å². The fourth-order valence-electron chi connectivity index (χ4n) is 4.39. The lowest BCUT2D eigenvalue weighted by atomic mass is 9.85. The Hall–Kier alpha value is -1.25. The van der Waals surface area contributed by atoms with Crippen molar-refractivity contribution in [3.05, 3.63) is 57.6 Å². The highest BCUT2D eigenvalue weighted by Crippen LogP contribution is 2.29. The van der Waals surface area contributed by atoms with Crippen molar-refractivity contribution < 1.29 is 4.79 Å². The zero-order valence-electron chi connectivity index (χ0n) is 20.1. The number of carbonyl (C=O) groups excluding carboxylic acids is 1. The highest BCUT2D eigenvalue weighted by molar-refractivity contribution is 6.35. The number of nitrogens with zero attached hydrogens (tertiary/aromatic N) is 1. The first-order valence-electron chi connectivity index (χ1n) is 12.5. The van der Waals surface area contributed by atoms with Crippen LogP contribution in [0.25, 0.3) is 0 Å². The molecule has 0 heterocycles. The lowest BCUT2D eigenvalue weighted by Gasteiger charge is -2.28. The molecule has 1 aromatic rings. The van der Waals surface area contributed by atoms with Crippen LogP contribution < -0.4 is 0 Å². The van der Waals surface area contributed by atoms with Crippen LogP contribution in [0.3, 0.4) is 0 Å². The molecule has 4 heteroatoms. The van der Waals surface area contributed by atoms with E-state index < -0.39 is 0 Å². The Kier molecular flexibility index (Phi) is 12.5. The predicted molar refractivity (Wildman–Crippen MR) is 140 cm³/mol. The predicted octanol–water partition coefficient (Wildman–Crippen LogP) is 8.81. The number of carbonyl (C=O) groups is 1. The molecule has 32 heavy (non-hydrogen) atoms. The number of hydrogen-bond donors (Lipinski definition) is 0. The van der Waals surface area contributed by atoms with Gasteiger partial charge in [0, 0.05) is 29.6 Å². The second-order valence-electron chi connectivity index (χ2n) is 9.35. The van der Waals surface area contributed by atoms with Crippen LogP contribution in [-0.2, 0) is 11.2 Å². The highest BCUT2D eigenvalue weighted by atomic mass is 35.5. The second kappa shape index (κ2) is 14.8. The fourth-order valence-corrected chi connectivity index (χ4v) is 4.89. The van der Waals surface area contributed by atoms with Gasteiger partial charge in [-0.3, -0.25) is 4.79 Å². The van der Waals surface area contributed by atoms with E-state index in [4.69, 9.17) is 23.2 Å². The molecule has 0 aromatic heterocycles. The Morgan fingerprint density at radius 3 is 2.47 bits per heavy atom. The SMILES string of the molecule is C=C(C)C1CC=C(CN(CCc2ccc(Cl)cc2Cl)C(=O)CCCCCCCCC)CC1. The van der Waals surface area contributed by atoms with E-state index >= 15 is 0 Å². The van der Waals surface area contributed by atoms with Crippen LogP contribution in [0.5, 0.6) is 0 Å². The van der Waals surface area contributed by atoms with Crippen LogP contribution in [0, 0.1) is 5.92 Å². The normalized spacial score (nSPS) is 16.0. The smallest absolute Gasteiger partial charge is 0.222 e. The summed E-state index contributed by atoms with van der Waals surface area (Å²) in [7, 11) is 0. The van der Waals surface area contributed by atoms with Crippen LogP contribution in [0.4, 0.5) is 0 Å². The van der Waals surface area contributed by atoms with Gasteiger partial charge in [0.2, 0.25) is 5.91 Å². The van der Waals surface area contributed by atoms with Crippen molar-refractivity contribution in [2.45, 2.75) is 90.9 Å². The van der Waals surface area contributed by atoms with E-state index in [1.807, 2.05) is 12.1 Å². The number of hydrogen-bond acceptors (Lipinski definition) is 1. The molecular formula is C28H41Cl2NO. The molecule has 0 spiro atoms. The fraction of sp³-hybridized carbons (Fsp3) is 0.607. The lowest BCUT2D eigenvalue weighted by molar-refractivity contribution is -0.131. The molecule has 0 saturated heterocycles. The molecule has 0 fully saturated rings. The van der Waals surface area contributed by atoms with Gasteiger partial charge in [0.05, 0.1) is 0 Å². The molecule has 0 radical (unpaired) electrons. The molecule has 1 aliphatic carbocycles. The average molecular weight is 479 g/mol. The van der Waals surface area contributed by atoms with Crippen LogP contribution in [-0.4, -0.2) is 23.9 Å². The van der Waals surface area contributed by atoms with E-state index in [0.717, 1.165) is 50.6 Å². The lowest BCUT2D eigenvalue weighted by Crippen LogP contribution is -2.35. The van der Waals surface area contributed by atoms with Crippen molar-refractivity contribution >= 4 is 29.1 Å². The van der Waals surface area contributed by atoms with E-state index in [1.54, 1.807) is 6.07 Å². The summed E-state index contributed by atoms with van der Waals surface area (Å²) in [5.74, 6) is 0.857. The van der Waals surface area contributed by atoms with Crippen molar-refractivity contribution in [1.82, 2.24) is 4.90 Å². The molecule has 0 bridgehead atoms. The second-order valence-corrected chi connectivity index (χ2v) is 10.2. The minimum Gasteiger partial charge on any atom is -0.338 e. The summed E-state index contributed by atoms with van der Waals surface area (Å²) in [5.41, 5.74) is 3.70. The first-order chi connectivity index (χ1) is 15.4. The van der Waals surface area contributed by atoms with Gasteiger partial charge in [0.1, 0.15) is 0 Å². The molecule has 1 aliphatic rings. The van der Waals surface area contributed by atoms with Gasteiger partial charge >= 0.3 is 0 Å². The summed E-state index contributed by atoms with van der Waals surface area (Å²) in [6.07, 6.45) is 15.6. The monoisotopic (exact) mass is 477 g/mol. The molecule has 0 N–H and O–H groups in total. The maximum atomic E-state index is 13.1. The van der Waals surface area contributed by atoms with Gasteiger partial charge in [0.25, 0.3) is 0 Å². The van der Waals surface area contributed by atoms with Crippen molar-refractivity contribution in [3.8, 4) is 0 Å². The Balaban J connectivity index is 1.92. The largest absolute Gasteiger partial charge is 0.338 e. The Morgan fingerprint density at radius 1 is 1.12 bits per heavy atom. The van der Waals surface area contributed by atoms with E-state index in [2.05, 4.69) is 31.4 Å². The number of allylic oxidation sites excluding steroid dienone is 2. The van der Waals surface area contributed by atoms with E-state index in [1.165, 1.54) is 43.3 Å². The van der Waals surface area contributed by atoms with Crippen molar-refractivity contribution in [2.75, 3.05) is 13.1 Å². The topological polar surface area (TPSA) is 20.3 Å². The van der Waals surface area contributed by atoms with Gasteiger partial charge < -0.3 is 4.90 Å². The molecule has 1 atom stereocenters. The standard InChI is InChI=1S/C28H41Cl2NO/c1-4-5-6-7-8-9-10-11-28(32)31(19-18-25-16-17-26(29)20-27(25)30)21-23-12-14-24(15-13-23)22(2)3/h12,16-17,20,24H,2,4-11,13-15,18-19,21H2,1,3H3. The number of rotatable bonds is 14. The number of halogens is 2. The highest BCUT2D eigenvalue weighted by Gasteiger charge is 2.20. The minimum atomic E-state index is 0.270. The molecule has 1 unspecified atom stereocenters. The van der Waals surface area contributed by atoms with Crippen molar-refractivity contribution in [2.24, 2.45) is 5.92 Å². The number of unbranched alkanes of at least 4 members (excludes halogenated alkanes) is 6. The maximum Gasteiger partial charge on any atom is 0.222 e. The van der Waals surface area contributed by atoms with E-state index in [-0.39, 0.29) is 5.91 Å². The zero-order chi connectivity index (χ0) is 23.3. The molecule has 178 valence electrons. The molecule has 1 amide bonds. The van der Waals surface area contributed by atoms with Crippen LogP contribution in [0.15, 0.2) is 42.0 Å². The van der Waals surface area contributed by atoms with E-state index in [9.17, 15) is 4.79 Å². The summed E-state index contributed by atoms with van der Waals surface area (Å²) in [6.45, 7) is 9.92. The average Bonchev–Trinajstić information content (AvgIpc) is 2.77. The summed E-state index contributed by atoms with van der Waals surface area (Å²) in [6, 6.07) is 5.63. The van der Waals surface area contributed by atoms with Crippen molar-refractivity contribution in [1.29, 1.82) is 0 Å². The Morgan fingerprint density at radius 2 is 1.84 bits per heavy atom. The third kappa shape index (κ3) is 9.71. The van der Waals surface area contributed by atoms with Crippen LogP contribution in [0.1, 0.15) is 90.0 Å². The van der Waals surface area contributed by atoms with Crippen LogP contribution >= 0.6 is 23.2 Å². The molecule has 1 aromatic carbocycles. The Labute approximate surface area is 206 Å². The first-order valence-corrected chi connectivity index (χ1v) is 13.2. The maximum absolute atomic E-state index is 13.1. The molecule has 0 saturated carbocycles. The zero-order valence-corrected chi connectivity index (χ0v) is 21.6. The summed E-state index contributed by atoms with van der Waals surface area (Å²) >= 11 is 12.4. The number of amides is 1. The molecule has 0 aliphatic heterocycles. The Bertz CT molecular complexity index is 771. The van der Waals surface area contributed by atoms with Gasteiger partial charge in [-0.25, -0.2) is 0 Å². The van der Waals surface area contributed by atoms with Crippen molar-refractivity contribution in [3.63, 3.8) is 0 Å². The molecule has 2 nitrogen and oxygen atoms in total. The molecular weight excluding hydrogens is 437 g/mol. The number of benzene rings is 1. The summed E-state index contributed by atoms with van der Waals surface area (Å²) < 4.78 is 0. The third-order valence-electron chi connectivity index (χ3n) is 6.61. The van der Waals surface area contributed by atoms with Gasteiger partial charge in [-0.2, -0.15) is 0 Å².